The van der Waals surface area contributed by atoms with Gasteiger partial charge in [-0.2, -0.15) is 0 Å². The Bertz CT molecular complexity index is 549. The zero-order valence-electron chi connectivity index (χ0n) is 17.7. The maximum absolute atomic E-state index is 11.4. The largest absolute Gasteiger partial charge is 0.475 e. The number of furan rings is 1. The van der Waals surface area contributed by atoms with Crippen molar-refractivity contribution in [1.82, 2.24) is 0 Å². The van der Waals surface area contributed by atoms with Gasteiger partial charge in [0.05, 0.1) is 12.3 Å². The average molecular weight is 394 g/mol. The van der Waals surface area contributed by atoms with Crippen molar-refractivity contribution in [2.24, 2.45) is 0 Å². The van der Waals surface area contributed by atoms with E-state index in [1.807, 2.05) is 0 Å². The molecule has 1 aromatic heterocycles. The minimum atomic E-state index is -1.03. The predicted molar refractivity (Wildman–Crippen MR) is 114 cm³/mol. The molecule has 1 aliphatic heterocycles. The summed E-state index contributed by atoms with van der Waals surface area (Å²) in [4.78, 5) is 13.5. The second-order valence-corrected chi connectivity index (χ2v) is 8.02. The van der Waals surface area contributed by atoms with E-state index in [-0.39, 0.29) is 5.76 Å². The van der Waals surface area contributed by atoms with Crippen LogP contribution in [0, 0.1) is 0 Å². The Labute approximate surface area is 170 Å². The smallest absolute Gasteiger partial charge is 0.374 e. The van der Waals surface area contributed by atoms with Crippen LogP contribution in [0.5, 0.6) is 5.95 Å². The number of anilines is 1. The van der Waals surface area contributed by atoms with Crippen molar-refractivity contribution < 1.29 is 19.1 Å². The van der Waals surface area contributed by atoms with E-state index in [2.05, 4.69) is 11.8 Å². The number of unbranched alkanes of at least 4 members (excludes halogenated alkanes) is 11. The van der Waals surface area contributed by atoms with Crippen LogP contribution in [-0.4, -0.2) is 30.8 Å². The zero-order chi connectivity index (χ0) is 20.0. The summed E-state index contributed by atoms with van der Waals surface area (Å²) in [6, 6.07) is 1.75. The first-order chi connectivity index (χ1) is 13.7. The van der Waals surface area contributed by atoms with E-state index in [1.54, 1.807) is 6.07 Å². The van der Waals surface area contributed by atoms with Crippen molar-refractivity contribution >= 4 is 11.7 Å². The van der Waals surface area contributed by atoms with E-state index < -0.39 is 5.97 Å². The Morgan fingerprint density at radius 2 is 1.50 bits per heavy atom. The summed E-state index contributed by atoms with van der Waals surface area (Å²) in [5, 5.41) is 9.35. The van der Waals surface area contributed by atoms with E-state index in [1.165, 1.54) is 64.2 Å². The van der Waals surface area contributed by atoms with E-state index >= 15 is 0 Å². The minimum absolute atomic E-state index is 0.00611. The lowest BCUT2D eigenvalue weighted by molar-refractivity contribution is 0.0654. The predicted octanol–water partition coefficient (Wildman–Crippen LogP) is 6.66. The van der Waals surface area contributed by atoms with Crippen molar-refractivity contribution in [3.8, 4) is 5.95 Å². The van der Waals surface area contributed by atoms with Crippen LogP contribution in [0.15, 0.2) is 10.5 Å². The lowest BCUT2D eigenvalue weighted by Gasteiger charge is -2.14. The molecule has 0 bridgehead atoms. The highest BCUT2D eigenvalue weighted by Crippen LogP contribution is 2.32. The van der Waals surface area contributed by atoms with Gasteiger partial charge in [-0.1, -0.05) is 77.6 Å². The second kappa shape index (κ2) is 13.5. The Balaban J connectivity index is 1.52. The SMILES string of the molecule is CCCCCCCCCCCCCCOc1cc(N2CCCC2)c(C(=O)O)o1. The van der Waals surface area contributed by atoms with Crippen LogP contribution in [-0.2, 0) is 0 Å². The van der Waals surface area contributed by atoms with Gasteiger partial charge in [0, 0.05) is 19.2 Å². The van der Waals surface area contributed by atoms with Crippen molar-refractivity contribution in [3.05, 3.63) is 11.8 Å². The molecule has 0 saturated carbocycles. The fraction of sp³-hybridized carbons (Fsp3) is 0.783. The lowest BCUT2D eigenvalue weighted by Crippen LogP contribution is -2.19. The van der Waals surface area contributed by atoms with Crippen molar-refractivity contribution in [3.63, 3.8) is 0 Å². The summed E-state index contributed by atoms with van der Waals surface area (Å²) in [5.41, 5.74) is 0.662. The fourth-order valence-corrected chi connectivity index (χ4v) is 3.89. The third-order valence-corrected chi connectivity index (χ3v) is 5.57. The molecule has 28 heavy (non-hydrogen) atoms. The van der Waals surface area contributed by atoms with Gasteiger partial charge in [-0.15, -0.1) is 0 Å². The summed E-state index contributed by atoms with van der Waals surface area (Å²) in [6.07, 6.45) is 17.9. The van der Waals surface area contributed by atoms with Crippen molar-refractivity contribution in [2.45, 2.75) is 96.8 Å². The Kier molecular flexibility index (Phi) is 10.9. The third-order valence-electron chi connectivity index (χ3n) is 5.57. The number of hydrogen-bond acceptors (Lipinski definition) is 4. The molecule has 0 radical (unpaired) electrons. The first-order valence-electron chi connectivity index (χ1n) is 11.5. The van der Waals surface area contributed by atoms with Gasteiger partial charge in [-0.25, -0.2) is 4.79 Å². The number of carboxylic acid groups (broad SMARTS) is 1. The van der Waals surface area contributed by atoms with Crippen molar-refractivity contribution in [2.75, 3.05) is 24.6 Å². The highest BCUT2D eigenvalue weighted by Gasteiger charge is 2.25. The first kappa shape index (κ1) is 22.6. The summed E-state index contributed by atoms with van der Waals surface area (Å²) >= 11 is 0. The van der Waals surface area contributed by atoms with Crippen LogP contribution < -0.4 is 9.64 Å². The van der Waals surface area contributed by atoms with Crippen LogP contribution >= 0.6 is 0 Å². The number of carboxylic acids is 1. The molecule has 0 unspecified atom stereocenters. The zero-order valence-corrected chi connectivity index (χ0v) is 17.7. The van der Waals surface area contributed by atoms with Crippen LogP contribution in [0.2, 0.25) is 0 Å². The standard InChI is InChI=1S/C23H39NO4/c1-2-3-4-5-6-7-8-9-10-11-12-15-18-27-21-19-20(22(28-21)23(25)26)24-16-13-14-17-24/h19H,2-18H2,1H3,(H,25,26). The molecular formula is C23H39NO4. The lowest BCUT2D eigenvalue weighted by atomic mass is 10.1. The average Bonchev–Trinajstić information content (AvgIpc) is 3.35. The van der Waals surface area contributed by atoms with Crippen LogP contribution in [0.4, 0.5) is 5.69 Å². The second-order valence-electron chi connectivity index (χ2n) is 8.02. The van der Waals surface area contributed by atoms with Gasteiger partial charge in [0.1, 0.15) is 0 Å². The highest BCUT2D eigenvalue weighted by atomic mass is 16.6. The molecule has 0 amide bonds. The van der Waals surface area contributed by atoms with Crippen LogP contribution in [0.25, 0.3) is 0 Å². The number of aromatic carboxylic acids is 1. The van der Waals surface area contributed by atoms with E-state index in [9.17, 15) is 9.90 Å². The number of rotatable bonds is 16. The molecule has 5 heteroatoms. The molecule has 1 N–H and O–H groups in total. The molecule has 2 rings (SSSR count). The van der Waals surface area contributed by atoms with Crippen LogP contribution in [0.3, 0.4) is 0 Å². The number of nitrogens with zero attached hydrogens (tertiary/aromatic N) is 1. The Morgan fingerprint density at radius 1 is 0.964 bits per heavy atom. The number of hydrogen-bond donors (Lipinski definition) is 1. The monoisotopic (exact) mass is 393 g/mol. The van der Waals surface area contributed by atoms with Crippen LogP contribution in [0.1, 0.15) is 107 Å². The van der Waals surface area contributed by atoms with E-state index in [4.69, 9.17) is 9.15 Å². The summed E-state index contributed by atoms with van der Waals surface area (Å²) < 4.78 is 11.1. The van der Waals surface area contributed by atoms with Gasteiger partial charge in [0.25, 0.3) is 5.95 Å². The summed E-state index contributed by atoms with van der Waals surface area (Å²) in [7, 11) is 0. The third kappa shape index (κ3) is 8.15. The highest BCUT2D eigenvalue weighted by molar-refractivity contribution is 5.91. The van der Waals surface area contributed by atoms with Gasteiger partial charge in [-0.3, -0.25) is 0 Å². The molecule has 160 valence electrons. The molecule has 5 nitrogen and oxygen atoms in total. The van der Waals surface area contributed by atoms with Gasteiger partial charge < -0.3 is 19.2 Å². The minimum Gasteiger partial charge on any atom is -0.475 e. The Hall–Kier alpha value is -1.65. The molecule has 1 aliphatic rings. The normalized spacial score (nSPS) is 14.0. The van der Waals surface area contributed by atoms with Gasteiger partial charge in [-0.05, 0) is 19.3 Å². The molecule has 1 aromatic rings. The number of ether oxygens (including phenoxy) is 1. The molecular weight excluding hydrogens is 354 g/mol. The van der Waals surface area contributed by atoms with E-state index in [0.29, 0.717) is 18.2 Å². The topological polar surface area (TPSA) is 62.9 Å². The van der Waals surface area contributed by atoms with Gasteiger partial charge >= 0.3 is 5.97 Å². The molecule has 0 spiro atoms. The molecule has 1 fully saturated rings. The van der Waals surface area contributed by atoms with Gasteiger partial charge in [0.2, 0.25) is 5.76 Å². The maximum Gasteiger partial charge on any atom is 0.374 e. The maximum atomic E-state index is 11.4. The quantitative estimate of drug-likeness (QED) is 0.318. The first-order valence-corrected chi connectivity index (χ1v) is 11.5. The molecule has 0 aromatic carbocycles. The van der Waals surface area contributed by atoms with Gasteiger partial charge in [0.15, 0.2) is 0 Å². The fourth-order valence-electron chi connectivity index (χ4n) is 3.89. The summed E-state index contributed by atoms with van der Waals surface area (Å²) in [5.74, 6) is -0.684. The van der Waals surface area contributed by atoms with E-state index in [0.717, 1.165) is 38.8 Å². The Morgan fingerprint density at radius 3 is 2.04 bits per heavy atom. The van der Waals surface area contributed by atoms with Crippen molar-refractivity contribution in [1.29, 1.82) is 0 Å². The number of carbonyl (C=O) groups is 1. The molecule has 2 heterocycles. The molecule has 1 saturated heterocycles. The molecule has 0 aliphatic carbocycles. The molecule has 0 atom stereocenters. The summed E-state index contributed by atoms with van der Waals surface area (Å²) in [6.45, 7) is 4.62.